The van der Waals surface area contributed by atoms with Crippen molar-refractivity contribution >= 4 is 29.0 Å². The van der Waals surface area contributed by atoms with E-state index in [0.717, 1.165) is 65.2 Å². The summed E-state index contributed by atoms with van der Waals surface area (Å²) in [6, 6.07) is 12.9. The van der Waals surface area contributed by atoms with Crippen LogP contribution in [0, 0.1) is 20.8 Å². The number of rotatable bonds is 6. The minimum atomic E-state index is -0.814. The van der Waals surface area contributed by atoms with Gasteiger partial charge in [-0.05, 0) is 61.8 Å². The fraction of sp³-hybridized carbons (Fsp3) is 0.360. The highest BCUT2D eigenvalue weighted by molar-refractivity contribution is 7.03. The van der Waals surface area contributed by atoms with E-state index in [9.17, 15) is 9.59 Å². The summed E-state index contributed by atoms with van der Waals surface area (Å²) in [7, 11) is 0. The second kappa shape index (κ2) is 9.61. The van der Waals surface area contributed by atoms with Crippen molar-refractivity contribution in [3.05, 3.63) is 75.8 Å². The smallest absolute Gasteiger partial charge is 0.280 e. The number of carbonyl (C=O) groups is 2. The van der Waals surface area contributed by atoms with Crippen molar-refractivity contribution in [2.45, 2.75) is 58.5 Å². The average molecular weight is 449 g/mol. The molecule has 0 radical (unpaired) electrons. The van der Waals surface area contributed by atoms with Crippen molar-refractivity contribution in [1.29, 1.82) is 0 Å². The van der Waals surface area contributed by atoms with Gasteiger partial charge in [0.2, 0.25) is 5.91 Å². The molecule has 0 aliphatic heterocycles. The first-order chi connectivity index (χ1) is 15.5. The van der Waals surface area contributed by atoms with E-state index < -0.39 is 6.04 Å². The molecule has 1 heterocycles. The molecule has 2 amide bonds. The number of amides is 2. The first-order valence-electron chi connectivity index (χ1n) is 11.0. The highest BCUT2D eigenvalue weighted by atomic mass is 32.1. The summed E-state index contributed by atoms with van der Waals surface area (Å²) in [5.41, 5.74) is 4.73. The second-order valence-corrected chi connectivity index (χ2v) is 9.13. The lowest BCUT2D eigenvalue weighted by molar-refractivity contribution is -0.123. The van der Waals surface area contributed by atoms with Crippen molar-refractivity contribution in [1.82, 2.24) is 14.9 Å². The van der Waals surface area contributed by atoms with Crippen LogP contribution in [-0.4, -0.2) is 27.4 Å². The van der Waals surface area contributed by atoms with E-state index >= 15 is 0 Å². The van der Waals surface area contributed by atoms with E-state index in [1.54, 1.807) is 10.3 Å². The van der Waals surface area contributed by atoms with Crippen LogP contribution in [0.5, 0.6) is 0 Å². The van der Waals surface area contributed by atoms with Crippen LogP contribution < -0.4 is 10.2 Å². The standard InChI is InChI=1S/C25H28N4O2S/c1-16-13-17(2)22(18(3)14-16)29(25(31)21-15-32-28-27-21)23(19-9-5-4-6-10-19)24(30)26-20-11-7-8-12-20/h4-6,9-10,13-15,20,23H,7-8,11-12H2,1-3H3,(H,26,30)/t23-/m1/s1. The number of benzene rings is 2. The van der Waals surface area contributed by atoms with Gasteiger partial charge in [0.05, 0.1) is 5.69 Å². The number of hydrogen-bond acceptors (Lipinski definition) is 5. The molecular formula is C25H28N4O2S. The van der Waals surface area contributed by atoms with E-state index in [2.05, 4.69) is 14.9 Å². The molecule has 1 saturated carbocycles. The van der Waals surface area contributed by atoms with Crippen LogP contribution in [0.15, 0.2) is 47.8 Å². The Labute approximate surface area is 192 Å². The summed E-state index contributed by atoms with van der Waals surface area (Å²) in [6.07, 6.45) is 4.17. The molecular weight excluding hydrogens is 420 g/mol. The second-order valence-electron chi connectivity index (χ2n) is 8.52. The highest BCUT2D eigenvalue weighted by Crippen LogP contribution is 2.35. The lowest BCUT2D eigenvalue weighted by Gasteiger charge is -2.34. The van der Waals surface area contributed by atoms with Crippen molar-refractivity contribution < 1.29 is 9.59 Å². The number of hydrogen-bond donors (Lipinski definition) is 1. The van der Waals surface area contributed by atoms with Gasteiger partial charge in [0, 0.05) is 11.4 Å². The van der Waals surface area contributed by atoms with Crippen LogP contribution in [0.2, 0.25) is 0 Å². The minimum Gasteiger partial charge on any atom is -0.351 e. The van der Waals surface area contributed by atoms with Crippen LogP contribution in [0.4, 0.5) is 5.69 Å². The number of aromatic nitrogens is 2. The Bertz CT molecular complexity index is 1070. The summed E-state index contributed by atoms with van der Waals surface area (Å²) in [4.78, 5) is 29.2. The molecule has 7 heteroatoms. The monoisotopic (exact) mass is 448 g/mol. The summed E-state index contributed by atoms with van der Waals surface area (Å²) in [5, 5.41) is 8.87. The Kier molecular flexibility index (Phi) is 6.65. The quantitative estimate of drug-likeness (QED) is 0.581. The Morgan fingerprint density at radius 3 is 2.31 bits per heavy atom. The van der Waals surface area contributed by atoms with Gasteiger partial charge in [-0.2, -0.15) is 0 Å². The van der Waals surface area contributed by atoms with Gasteiger partial charge in [-0.15, -0.1) is 5.10 Å². The molecule has 1 aliphatic rings. The van der Waals surface area contributed by atoms with Crippen LogP contribution in [-0.2, 0) is 4.79 Å². The van der Waals surface area contributed by atoms with Crippen LogP contribution >= 0.6 is 11.5 Å². The zero-order valence-corrected chi connectivity index (χ0v) is 19.5. The fourth-order valence-corrected chi connectivity index (χ4v) is 5.11. The minimum absolute atomic E-state index is 0.145. The topological polar surface area (TPSA) is 75.2 Å². The maximum atomic E-state index is 13.8. The van der Waals surface area contributed by atoms with Crippen molar-refractivity contribution in [2.24, 2.45) is 0 Å². The average Bonchev–Trinajstić information content (AvgIpc) is 3.47. The Hall–Kier alpha value is -3.06. The van der Waals surface area contributed by atoms with E-state index in [1.165, 1.54) is 0 Å². The van der Waals surface area contributed by atoms with Gasteiger partial charge in [0.15, 0.2) is 5.69 Å². The molecule has 0 unspecified atom stereocenters. The van der Waals surface area contributed by atoms with E-state index in [4.69, 9.17) is 0 Å². The van der Waals surface area contributed by atoms with Crippen LogP contribution in [0.3, 0.4) is 0 Å². The summed E-state index contributed by atoms with van der Waals surface area (Å²) in [6.45, 7) is 5.99. The van der Waals surface area contributed by atoms with Gasteiger partial charge in [0.1, 0.15) is 6.04 Å². The summed E-state index contributed by atoms with van der Waals surface area (Å²) >= 11 is 1.12. The van der Waals surface area contributed by atoms with Crippen molar-refractivity contribution in [2.75, 3.05) is 4.90 Å². The molecule has 4 rings (SSSR count). The first-order valence-corrected chi connectivity index (χ1v) is 11.8. The Morgan fingerprint density at radius 1 is 1.06 bits per heavy atom. The first kappa shape index (κ1) is 22.1. The van der Waals surface area contributed by atoms with Crippen LogP contribution in [0.25, 0.3) is 0 Å². The molecule has 0 bridgehead atoms. The lowest BCUT2D eigenvalue weighted by Crippen LogP contribution is -2.47. The van der Waals surface area contributed by atoms with E-state index in [1.807, 2.05) is 63.2 Å². The largest absolute Gasteiger partial charge is 0.351 e. The van der Waals surface area contributed by atoms with E-state index in [0.29, 0.717) is 0 Å². The number of nitrogens with zero attached hydrogens (tertiary/aromatic N) is 3. The number of anilines is 1. The molecule has 0 saturated heterocycles. The lowest BCUT2D eigenvalue weighted by atomic mass is 9.98. The summed E-state index contributed by atoms with van der Waals surface area (Å²) < 4.78 is 3.88. The van der Waals surface area contributed by atoms with E-state index in [-0.39, 0.29) is 23.6 Å². The molecule has 1 atom stereocenters. The van der Waals surface area contributed by atoms with Gasteiger partial charge in [-0.3, -0.25) is 14.5 Å². The van der Waals surface area contributed by atoms with Gasteiger partial charge in [-0.25, -0.2) is 0 Å². The molecule has 6 nitrogen and oxygen atoms in total. The molecule has 1 aliphatic carbocycles. The third-order valence-electron chi connectivity index (χ3n) is 6.00. The zero-order chi connectivity index (χ0) is 22.7. The maximum Gasteiger partial charge on any atom is 0.280 e. The third kappa shape index (κ3) is 4.58. The highest BCUT2D eigenvalue weighted by Gasteiger charge is 2.37. The van der Waals surface area contributed by atoms with Crippen LogP contribution in [0.1, 0.15) is 64.5 Å². The van der Waals surface area contributed by atoms with Gasteiger partial charge in [0.25, 0.3) is 5.91 Å². The third-order valence-corrected chi connectivity index (χ3v) is 6.50. The SMILES string of the molecule is Cc1cc(C)c(N(C(=O)c2csnn2)[C@@H](C(=O)NC2CCCC2)c2ccccc2)c(C)c1. The number of nitrogens with one attached hydrogen (secondary N) is 1. The van der Waals surface area contributed by atoms with Crippen molar-refractivity contribution in [3.63, 3.8) is 0 Å². The molecule has 1 N–H and O–H groups in total. The Balaban J connectivity index is 1.86. The predicted octanol–water partition coefficient (Wildman–Crippen LogP) is 4.91. The van der Waals surface area contributed by atoms with Gasteiger partial charge < -0.3 is 5.32 Å². The Morgan fingerprint density at radius 2 is 1.72 bits per heavy atom. The number of carbonyl (C=O) groups excluding carboxylic acids is 2. The molecule has 1 aromatic heterocycles. The normalized spacial score (nSPS) is 14.8. The molecule has 166 valence electrons. The zero-order valence-electron chi connectivity index (χ0n) is 18.7. The van der Waals surface area contributed by atoms with Gasteiger partial charge in [-0.1, -0.05) is 65.4 Å². The van der Waals surface area contributed by atoms with Gasteiger partial charge >= 0.3 is 0 Å². The predicted molar refractivity (Wildman–Crippen MR) is 127 cm³/mol. The molecule has 0 spiro atoms. The van der Waals surface area contributed by atoms with Crippen molar-refractivity contribution in [3.8, 4) is 0 Å². The molecule has 1 fully saturated rings. The summed E-state index contributed by atoms with van der Waals surface area (Å²) in [5.74, 6) is -0.497. The molecule has 3 aromatic rings. The molecule has 32 heavy (non-hydrogen) atoms. The number of aryl methyl sites for hydroxylation is 3. The maximum absolute atomic E-state index is 13.8. The molecule has 2 aromatic carbocycles. The fourth-order valence-electron chi connectivity index (χ4n) is 4.68.